The maximum Gasteiger partial charge on any atom is 0.185 e. The van der Waals surface area contributed by atoms with Gasteiger partial charge in [0.2, 0.25) is 0 Å². The molecule has 0 atom stereocenters. The molecule has 1 heteroatoms. The van der Waals surface area contributed by atoms with Crippen LogP contribution in [0.4, 0.5) is 0 Å². The van der Waals surface area contributed by atoms with Gasteiger partial charge in [-0.2, -0.15) is 0 Å². The van der Waals surface area contributed by atoms with E-state index in [-0.39, 0.29) is 5.78 Å². The standard InChI is InChI=1S/C14H18O/c1-4-6-12-7-5-8-13(10-12)14(15)9-11(2)3/h5,7-10H,4,6H2,1-3H3. The van der Waals surface area contributed by atoms with E-state index >= 15 is 0 Å². The number of carbonyl (C=O) groups excluding carboxylic acids is 1. The number of hydrogen-bond donors (Lipinski definition) is 0. The van der Waals surface area contributed by atoms with E-state index < -0.39 is 0 Å². The molecular formula is C14H18O. The molecule has 1 rings (SSSR count). The number of aryl methyl sites for hydroxylation is 1. The van der Waals surface area contributed by atoms with Gasteiger partial charge < -0.3 is 0 Å². The fourth-order valence-electron chi connectivity index (χ4n) is 1.51. The Balaban J connectivity index is 2.90. The normalized spacial score (nSPS) is 9.80. The minimum atomic E-state index is 0.105. The quantitative estimate of drug-likeness (QED) is 0.536. The average Bonchev–Trinajstić information content (AvgIpc) is 2.17. The van der Waals surface area contributed by atoms with E-state index in [9.17, 15) is 4.79 Å². The van der Waals surface area contributed by atoms with Gasteiger partial charge in [0.05, 0.1) is 0 Å². The molecule has 0 N–H and O–H groups in total. The summed E-state index contributed by atoms with van der Waals surface area (Å²) in [5.41, 5.74) is 3.08. The van der Waals surface area contributed by atoms with Gasteiger partial charge in [-0.25, -0.2) is 0 Å². The summed E-state index contributed by atoms with van der Waals surface area (Å²) in [6, 6.07) is 7.89. The van der Waals surface area contributed by atoms with Crippen LogP contribution in [0.2, 0.25) is 0 Å². The monoisotopic (exact) mass is 202 g/mol. The number of carbonyl (C=O) groups is 1. The average molecular weight is 202 g/mol. The van der Waals surface area contributed by atoms with Crippen LogP contribution in [-0.4, -0.2) is 5.78 Å². The van der Waals surface area contributed by atoms with E-state index in [1.165, 1.54) is 5.56 Å². The Hall–Kier alpha value is -1.37. The lowest BCUT2D eigenvalue weighted by Gasteiger charge is -2.01. The van der Waals surface area contributed by atoms with Crippen molar-refractivity contribution in [2.45, 2.75) is 33.6 Å². The Morgan fingerprint density at radius 2 is 2.07 bits per heavy atom. The van der Waals surface area contributed by atoms with E-state index in [0.717, 1.165) is 24.0 Å². The molecule has 0 heterocycles. The second-order valence-corrected chi connectivity index (χ2v) is 4.04. The Labute approximate surface area is 91.8 Å². The summed E-state index contributed by atoms with van der Waals surface area (Å²) in [5, 5.41) is 0. The van der Waals surface area contributed by atoms with Crippen LogP contribution in [0.1, 0.15) is 43.1 Å². The SMILES string of the molecule is CCCc1cccc(C(=O)C=C(C)C)c1. The zero-order valence-electron chi connectivity index (χ0n) is 9.71. The van der Waals surface area contributed by atoms with Crippen LogP contribution in [0.25, 0.3) is 0 Å². The van der Waals surface area contributed by atoms with Crippen LogP contribution < -0.4 is 0 Å². The molecule has 80 valence electrons. The van der Waals surface area contributed by atoms with Crippen LogP contribution in [0.5, 0.6) is 0 Å². The van der Waals surface area contributed by atoms with Crippen molar-refractivity contribution in [1.82, 2.24) is 0 Å². The van der Waals surface area contributed by atoms with Crippen molar-refractivity contribution < 1.29 is 4.79 Å². The van der Waals surface area contributed by atoms with E-state index in [1.54, 1.807) is 6.08 Å². The van der Waals surface area contributed by atoms with Crippen molar-refractivity contribution in [3.8, 4) is 0 Å². The van der Waals surface area contributed by atoms with Crippen molar-refractivity contribution in [2.75, 3.05) is 0 Å². The Kier molecular flexibility index (Phi) is 4.29. The first kappa shape index (κ1) is 11.7. The van der Waals surface area contributed by atoms with E-state index in [1.807, 2.05) is 32.0 Å². The summed E-state index contributed by atoms with van der Waals surface area (Å²) in [4.78, 5) is 11.7. The number of benzene rings is 1. The van der Waals surface area contributed by atoms with Crippen LogP contribution >= 0.6 is 0 Å². The van der Waals surface area contributed by atoms with Gasteiger partial charge in [-0.1, -0.05) is 37.1 Å². The Bertz CT molecular complexity index is 371. The third-order valence-corrected chi connectivity index (χ3v) is 2.17. The lowest BCUT2D eigenvalue weighted by molar-refractivity contribution is 0.104. The molecule has 0 saturated carbocycles. The van der Waals surface area contributed by atoms with Gasteiger partial charge in [-0.15, -0.1) is 0 Å². The summed E-state index contributed by atoms with van der Waals surface area (Å²) in [7, 11) is 0. The number of allylic oxidation sites excluding steroid dienone is 2. The largest absolute Gasteiger partial charge is 0.289 e. The highest BCUT2D eigenvalue weighted by Gasteiger charge is 2.02. The van der Waals surface area contributed by atoms with Crippen LogP contribution in [0.15, 0.2) is 35.9 Å². The molecule has 1 nitrogen and oxygen atoms in total. The van der Waals surface area contributed by atoms with Crippen molar-refractivity contribution >= 4 is 5.78 Å². The van der Waals surface area contributed by atoms with E-state index in [2.05, 4.69) is 13.0 Å². The van der Waals surface area contributed by atoms with Crippen molar-refractivity contribution in [1.29, 1.82) is 0 Å². The predicted molar refractivity (Wildman–Crippen MR) is 64.2 cm³/mol. The predicted octanol–water partition coefficient (Wildman–Crippen LogP) is 3.79. The zero-order valence-corrected chi connectivity index (χ0v) is 9.71. The Morgan fingerprint density at radius 3 is 2.67 bits per heavy atom. The van der Waals surface area contributed by atoms with Crippen LogP contribution in [0, 0.1) is 0 Å². The molecule has 0 unspecified atom stereocenters. The molecule has 0 radical (unpaired) electrons. The van der Waals surface area contributed by atoms with Crippen molar-refractivity contribution in [3.63, 3.8) is 0 Å². The first-order valence-corrected chi connectivity index (χ1v) is 5.41. The van der Waals surface area contributed by atoms with Gasteiger partial charge >= 0.3 is 0 Å². The maximum atomic E-state index is 11.7. The third-order valence-electron chi connectivity index (χ3n) is 2.17. The zero-order chi connectivity index (χ0) is 11.3. The summed E-state index contributed by atoms with van der Waals surface area (Å²) in [5.74, 6) is 0.105. The number of ketones is 1. The lowest BCUT2D eigenvalue weighted by atomic mass is 10.0. The van der Waals surface area contributed by atoms with Crippen molar-refractivity contribution in [3.05, 3.63) is 47.0 Å². The molecule has 1 aromatic carbocycles. The topological polar surface area (TPSA) is 17.1 Å². The Morgan fingerprint density at radius 1 is 1.33 bits per heavy atom. The van der Waals surface area contributed by atoms with Gasteiger partial charge in [0, 0.05) is 5.56 Å². The summed E-state index contributed by atoms with van der Waals surface area (Å²) in [6.45, 7) is 6.02. The van der Waals surface area contributed by atoms with Gasteiger partial charge in [0.15, 0.2) is 5.78 Å². The summed E-state index contributed by atoms with van der Waals surface area (Å²) < 4.78 is 0. The molecule has 0 aliphatic carbocycles. The van der Waals surface area contributed by atoms with Crippen LogP contribution in [-0.2, 0) is 6.42 Å². The van der Waals surface area contributed by atoms with Gasteiger partial charge in [0.1, 0.15) is 0 Å². The molecule has 0 saturated heterocycles. The molecule has 0 amide bonds. The van der Waals surface area contributed by atoms with Crippen LogP contribution in [0.3, 0.4) is 0 Å². The fraction of sp³-hybridized carbons (Fsp3) is 0.357. The molecule has 0 fully saturated rings. The van der Waals surface area contributed by atoms with Gasteiger partial charge in [0.25, 0.3) is 0 Å². The third kappa shape index (κ3) is 3.70. The minimum Gasteiger partial charge on any atom is -0.289 e. The van der Waals surface area contributed by atoms with Gasteiger partial charge in [-0.3, -0.25) is 4.79 Å². The van der Waals surface area contributed by atoms with Gasteiger partial charge in [-0.05, 0) is 38.0 Å². The highest BCUT2D eigenvalue weighted by molar-refractivity contribution is 6.04. The highest BCUT2D eigenvalue weighted by Crippen LogP contribution is 2.09. The second kappa shape index (κ2) is 5.50. The smallest absolute Gasteiger partial charge is 0.185 e. The fourth-order valence-corrected chi connectivity index (χ4v) is 1.51. The molecule has 0 bridgehead atoms. The number of hydrogen-bond acceptors (Lipinski definition) is 1. The van der Waals surface area contributed by atoms with E-state index in [4.69, 9.17) is 0 Å². The molecular weight excluding hydrogens is 184 g/mol. The second-order valence-electron chi connectivity index (χ2n) is 4.04. The molecule has 0 aliphatic rings. The molecule has 15 heavy (non-hydrogen) atoms. The molecule has 0 aromatic heterocycles. The number of rotatable bonds is 4. The summed E-state index contributed by atoms with van der Waals surface area (Å²) >= 11 is 0. The highest BCUT2D eigenvalue weighted by atomic mass is 16.1. The first-order chi connectivity index (χ1) is 7.13. The van der Waals surface area contributed by atoms with E-state index in [0.29, 0.717) is 0 Å². The molecule has 0 spiro atoms. The molecule has 0 aliphatic heterocycles. The van der Waals surface area contributed by atoms with Crippen molar-refractivity contribution in [2.24, 2.45) is 0 Å². The minimum absolute atomic E-state index is 0.105. The summed E-state index contributed by atoms with van der Waals surface area (Å²) in [6.07, 6.45) is 3.83. The maximum absolute atomic E-state index is 11.7. The molecule has 1 aromatic rings. The first-order valence-electron chi connectivity index (χ1n) is 5.41. The lowest BCUT2D eigenvalue weighted by Crippen LogP contribution is -1.96.